The Bertz CT molecular complexity index is 1460. The molecule has 1 aromatic rings. The van der Waals surface area contributed by atoms with Crippen LogP contribution < -0.4 is 4.18 Å². The highest BCUT2D eigenvalue weighted by Crippen LogP contribution is 2.68. The number of benzene rings is 1. The highest BCUT2D eigenvalue weighted by Gasteiger charge is 2.67. The summed E-state index contributed by atoms with van der Waals surface area (Å²) in [6.45, 7) is 4.62. The van der Waals surface area contributed by atoms with Crippen molar-refractivity contribution in [2.24, 2.45) is 29.1 Å². The molecule has 4 fully saturated rings. The minimum absolute atomic E-state index is 0.0149. The Labute approximate surface area is 254 Å². The number of rotatable bonds is 3. The van der Waals surface area contributed by atoms with Crippen molar-refractivity contribution >= 4 is 21.7 Å². The molecule has 8 atom stereocenters. The summed E-state index contributed by atoms with van der Waals surface area (Å²) < 4.78 is 78.4. The lowest BCUT2D eigenvalue weighted by molar-refractivity contribution is -0.261. The molecule has 2 N–H and O–H groups in total. The summed E-state index contributed by atoms with van der Waals surface area (Å²) >= 11 is 6.68. The van der Waals surface area contributed by atoms with E-state index in [9.17, 15) is 31.8 Å². The molecule has 1 saturated heterocycles. The van der Waals surface area contributed by atoms with Crippen molar-refractivity contribution in [2.45, 2.75) is 87.2 Å². The second kappa shape index (κ2) is 10.4. The largest absolute Gasteiger partial charge is 0.534 e. The quantitative estimate of drug-likeness (QED) is 0.251. The van der Waals surface area contributed by atoms with Crippen molar-refractivity contribution in [3.05, 3.63) is 40.9 Å². The number of aliphatic hydroxyl groups is 2. The average Bonchev–Trinajstić information content (AvgIpc) is 3.37. The first-order valence-corrected chi connectivity index (χ1v) is 16.5. The molecule has 43 heavy (non-hydrogen) atoms. The van der Waals surface area contributed by atoms with Crippen molar-refractivity contribution in [2.75, 3.05) is 13.2 Å². The predicted molar refractivity (Wildman–Crippen MR) is 151 cm³/mol. The van der Waals surface area contributed by atoms with Gasteiger partial charge in [-0.3, -0.25) is 0 Å². The lowest BCUT2D eigenvalue weighted by Gasteiger charge is -2.65. The SMILES string of the molecule is CC#C[C@]1(O)C(Cl)=CC[C@H]2[C@@H]3CC[C@@]4(O)CC5(CC[C@@H]4[C@H]3[C@@H](c3ccc(OS(=O)(=O)C(F)(F)F)cc3)C[C@@]21C)OCCO5. The number of alkyl halides is 3. The van der Waals surface area contributed by atoms with Crippen LogP contribution in [0.5, 0.6) is 5.75 Å². The molecule has 0 unspecified atom stereocenters. The second-order valence-electron chi connectivity index (χ2n) is 13.1. The zero-order chi connectivity index (χ0) is 31.1. The van der Waals surface area contributed by atoms with E-state index >= 15 is 0 Å². The molecule has 4 aliphatic carbocycles. The van der Waals surface area contributed by atoms with E-state index in [1.54, 1.807) is 19.1 Å². The van der Waals surface area contributed by atoms with Crippen LogP contribution in [0.4, 0.5) is 13.2 Å². The summed E-state index contributed by atoms with van der Waals surface area (Å²) in [5, 5.41) is 24.5. The Morgan fingerprint density at radius 3 is 2.37 bits per heavy atom. The molecule has 0 radical (unpaired) electrons. The van der Waals surface area contributed by atoms with Gasteiger partial charge in [-0.1, -0.05) is 42.7 Å². The number of ether oxygens (including phenoxy) is 2. The predicted octanol–water partition coefficient (Wildman–Crippen LogP) is 5.61. The van der Waals surface area contributed by atoms with Gasteiger partial charge in [0.1, 0.15) is 5.75 Å². The van der Waals surface area contributed by atoms with Crippen LogP contribution in [0.15, 0.2) is 35.4 Å². The smallest absolute Gasteiger partial charge is 0.389 e. The molecule has 1 spiro atoms. The van der Waals surface area contributed by atoms with Gasteiger partial charge in [0, 0.05) is 18.3 Å². The van der Waals surface area contributed by atoms with Gasteiger partial charge in [0.15, 0.2) is 11.4 Å². The van der Waals surface area contributed by atoms with Crippen LogP contribution >= 0.6 is 11.6 Å². The van der Waals surface area contributed by atoms with Crippen LogP contribution in [-0.4, -0.2) is 54.3 Å². The molecule has 5 aliphatic rings. The van der Waals surface area contributed by atoms with Gasteiger partial charge in [-0.2, -0.15) is 21.6 Å². The monoisotopic (exact) mass is 644 g/mol. The molecule has 236 valence electrons. The molecular weight excluding hydrogens is 609 g/mol. The lowest BCUT2D eigenvalue weighted by Crippen LogP contribution is -2.65. The van der Waals surface area contributed by atoms with Crippen molar-refractivity contribution in [3.63, 3.8) is 0 Å². The maximum atomic E-state index is 12.9. The van der Waals surface area contributed by atoms with E-state index in [4.69, 9.17) is 21.1 Å². The van der Waals surface area contributed by atoms with Crippen LogP contribution in [0, 0.1) is 40.9 Å². The van der Waals surface area contributed by atoms with E-state index in [2.05, 4.69) is 16.0 Å². The van der Waals surface area contributed by atoms with Crippen LogP contribution in [0.3, 0.4) is 0 Å². The van der Waals surface area contributed by atoms with Gasteiger partial charge in [-0.25, -0.2) is 0 Å². The molecule has 1 aliphatic heterocycles. The minimum atomic E-state index is -5.82. The Kier molecular flexibility index (Phi) is 7.51. The summed E-state index contributed by atoms with van der Waals surface area (Å²) in [5.74, 6) is 4.30. The van der Waals surface area contributed by atoms with Gasteiger partial charge in [0.2, 0.25) is 0 Å². The van der Waals surface area contributed by atoms with Gasteiger partial charge in [0.05, 0.1) is 23.8 Å². The molecule has 1 heterocycles. The Balaban J connectivity index is 1.41. The highest BCUT2D eigenvalue weighted by atomic mass is 35.5. The number of halogens is 4. The van der Waals surface area contributed by atoms with E-state index in [0.717, 1.165) is 5.56 Å². The van der Waals surface area contributed by atoms with Crippen molar-refractivity contribution in [3.8, 4) is 17.6 Å². The van der Waals surface area contributed by atoms with Gasteiger partial charge in [0.25, 0.3) is 0 Å². The summed E-state index contributed by atoms with van der Waals surface area (Å²) in [7, 11) is -5.82. The van der Waals surface area contributed by atoms with Crippen LogP contribution in [0.2, 0.25) is 0 Å². The summed E-state index contributed by atoms with van der Waals surface area (Å²) in [6.07, 6.45) is 5.86. The summed E-state index contributed by atoms with van der Waals surface area (Å²) in [4.78, 5) is 0. The Hall–Kier alpha value is -1.81. The van der Waals surface area contributed by atoms with Crippen molar-refractivity contribution in [1.82, 2.24) is 0 Å². The van der Waals surface area contributed by atoms with E-state index in [1.165, 1.54) is 12.1 Å². The zero-order valence-corrected chi connectivity index (χ0v) is 25.6. The van der Waals surface area contributed by atoms with Gasteiger partial charge >= 0.3 is 15.6 Å². The van der Waals surface area contributed by atoms with Crippen LogP contribution in [0.1, 0.15) is 70.3 Å². The fourth-order valence-corrected chi connectivity index (χ4v) is 10.1. The van der Waals surface area contributed by atoms with Gasteiger partial charge in [-0.15, -0.1) is 5.92 Å². The summed E-state index contributed by atoms with van der Waals surface area (Å²) in [5.41, 5.74) is -8.22. The van der Waals surface area contributed by atoms with Gasteiger partial charge in [-0.05, 0) is 86.3 Å². The van der Waals surface area contributed by atoms with Crippen LogP contribution in [0.25, 0.3) is 0 Å². The molecule has 7 nitrogen and oxygen atoms in total. The first-order valence-electron chi connectivity index (χ1n) is 14.7. The average molecular weight is 645 g/mol. The minimum Gasteiger partial charge on any atom is -0.389 e. The van der Waals surface area contributed by atoms with Crippen molar-refractivity contribution in [1.29, 1.82) is 0 Å². The molecule has 0 bridgehead atoms. The molecule has 1 aromatic carbocycles. The molecule has 0 amide bonds. The van der Waals surface area contributed by atoms with E-state index in [-0.39, 0.29) is 34.6 Å². The molecular formula is C31H36ClF3O7S. The fourth-order valence-electron chi connectivity index (χ4n) is 9.24. The van der Waals surface area contributed by atoms with Crippen molar-refractivity contribution < 1.29 is 45.5 Å². The van der Waals surface area contributed by atoms with E-state index in [1.807, 2.05) is 13.0 Å². The maximum absolute atomic E-state index is 12.9. The fraction of sp³-hybridized carbons (Fsp3) is 0.677. The Morgan fingerprint density at radius 1 is 1.07 bits per heavy atom. The maximum Gasteiger partial charge on any atom is 0.534 e. The Morgan fingerprint density at radius 2 is 1.74 bits per heavy atom. The van der Waals surface area contributed by atoms with E-state index < -0.39 is 43.8 Å². The standard InChI is InChI=1S/C31H36ClF3O7S/c1-3-12-30(37)25(32)9-8-23-21-10-13-28(36)18-29(40-15-16-41-29)14-11-24(28)26(21)22(17-27(23,30)2)19-4-6-20(7-5-19)42-43(38,39)31(33,34)35/h4-7,9,21-24,26,36-37H,8,10-11,13-18H2,1-2H3/t21-,22+,23-,24+,26+,27-,28+,30-/m0/s1. The third kappa shape index (κ3) is 4.83. The highest BCUT2D eigenvalue weighted by molar-refractivity contribution is 7.88. The molecule has 6 rings (SSSR count). The number of allylic oxidation sites excluding steroid dienone is 1. The second-order valence-corrected chi connectivity index (χ2v) is 15.0. The third-order valence-electron chi connectivity index (χ3n) is 11.1. The van der Waals surface area contributed by atoms with E-state index in [0.29, 0.717) is 58.2 Å². The number of hydrogen-bond acceptors (Lipinski definition) is 7. The number of hydrogen-bond donors (Lipinski definition) is 2. The normalized spacial score (nSPS) is 40.4. The van der Waals surface area contributed by atoms with Gasteiger partial charge < -0.3 is 23.9 Å². The first kappa shape index (κ1) is 31.2. The molecule has 3 saturated carbocycles. The molecule has 0 aromatic heterocycles. The first-order chi connectivity index (χ1) is 20.1. The number of fused-ring (bicyclic) bond motifs is 5. The lowest BCUT2D eigenvalue weighted by atomic mass is 9.41. The third-order valence-corrected chi connectivity index (χ3v) is 12.5. The molecule has 12 heteroatoms. The van der Waals surface area contributed by atoms with Crippen LogP contribution in [-0.2, 0) is 19.6 Å². The topological polar surface area (TPSA) is 102 Å². The summed E-state index contributed by atoms with van der Waals surface area (Å²) in [6, 6.07) is 5.61. The zero-order valence-electron chi connectivity index (χ0n) is 24.0.